The molecule has 0 bridgehead atoms. The molecule has 6 nitrogen and oxygen atoms in total. The maximum Gasteiger partial charge on any atom is 0.295 e. The fourth-order valence-electron chi connectivity index (χ4n) is 3.35. The fourth-order valence-corrected chi connectivity index (χ4v) is 4.40. The van der Waals surface area contributed by atoms with Crippen LogP contribution in [0.3, 0.4) is 0 Å². The number of hydrogen-bond donors (Lipinski definition) is 0. The first kappa shape index (κ1) is 20.4. The minimum atomic E-state index is -0.205. The lowest BCUT2D eigenvalue weighted by Gasteiger charge is -2.20. The molecule has 0 unspecified atom stereocenters. The average molecular weight is 424 g/mol. The van der Waals surface area contributed by atoms with E-state index in [4.69, 9.17) is 14.1 Å². The molecule has 1 amide bonds. The van der Waals surface area contributed by atoms with Gasteiger partial charge in [0.1, 0.15) is 0 Å². The zero-order valence-corrected chi connectivity index (χ0v) is 18.7. The predicted molar refractivity (Wildman–Crippen MR) is 122 cm³/mol. The van der Waals surface area contributed by atoms with Crippen molar-refractivity contribution in [2.75, 3.05) is 39.2 Å². The van der Waals surface area contributed by atoms with Crippen LogP contribution in [0.1, 0.15) is 21.7 Å². The molecule has 0 N–H and O–H groups in total. The molecule has 156 valence electrons. The molecular weight excluding hydrogens is 398 g/mol. The minimum absolute atomic E-state index is 0.205. The van der Waals surface area contributed by atoms with Crippen molar-refractivity contribution in [3.8, 4) is 5.75 Å². The monoisotopic (exact) mass is 423 g/mol. The number of carbonyl (C=O) groups is 1. The number of aryl methyl sites for hydroxylation is 2. The van der Waals surface area contributed by atoms with E-state index in [1.54, 1.807) is 18.1 Å². The van der Waals surface area contributed by atoms with Crippen LogP contribution in [-0.4, -0.2) is 50.1 Å². The van der Waals surface area contributed by atoms with Gasteiger partial charge in [0.15, 0.2) is 22.2 Å². The van der Waals surface area contributed by atoms with Crippen LogP contribution in [0.5, 0.6) is 5.75 Å². The van der Waals surface area contributed by atoms with Crippen LogP contribution in [0.2, 0.25) is 0 Å². The number of benzene rings is 2. The van der Waals surface area contributed by atoms with Gasteiger partial charge >= 0.3 is 0 Å². The number of thiazole rings is 1. The molecule has 0 fully saturated rings. The summed E-state index contributed by atoms with van der Waals surface area (Å²) in [5.74, 6) is 0.682. The number of amides is 1. The fraction of sp³-hybridized carbons (Fsp3) is 0.304. The molecule has 4 rings (SSSR count). The third kappa shape index (κ3) is 3.66. The zero-order chi connectivity index (χ0) is 21.4. The first-order chi connectivity index (χ1) is 14.4. The SMILES string of the molecule is COc1cccc2cc(C(=O)N(CCN(C)C)c3nc4c(C)c(C)ccc4s3)oc12. The number of para-hydroxylation sites is 1. The number of likely N-dealkylation sites (N-methyl/N-ethyl adjacent to an activating group) is 1. The van der Waals surface area contributed by atoms with Gasteiger partial charge in [0.2, 0.25) is 0 Å². The number of furan rings is 1. The van der Waals surface area contributed by atoms with Crippen molar-refractivity contribution in [1.82, 2.24) is 9.88 Å². The quantitative estimate of drug-likeness (QED) is 0.443. The molecule has 2 aromatic carbocycles. The molecule has 4 aromatic rings. The predicted octanol–water partition coefficient (Wildman–Crippen LogP) is 4.88. The highest BCUT2D eigenvalue weighted by Gasteiger charge is 2.25. The lowest BCUT2D eigenvalue weighted by molar-refractivity contribution is 0.0960. The lowest BCUT2D eigenvalue weighted by Crippen LogP contribution is -2.36. The van der Waals surface area contributed by atoms with E-state index in [2.05, 4.69) is 26.0 Å². The molecule has 7 heteroatoms. The summed E-state index contributed by atoms with van der Waals surface area (Å²) in [7, 11) is 5.56. The minimum Gasteiger partial charge on any atom is -0.493 e. The summed E-state index contributed by atoms with van der Waals surface area (Å²) >= 11 is 1.53. The largest absolute Gasteiger partial charge is 0.493 e. The summed E-state index contributed by atoms with van der Waals surface area (Å²) < 4.78 is 12.4. The molecule has 2 heterocycles. The van der Waals surface area contributed by atoms with Crippen molar-refractivity contribution < 1.29 is 13.9 Å². The maximum atomic E-state index is 13.5. The standard InChI is InChI=1S/C23H25N3O3S/c1-14-9-10-19-20(15(14)2)24-23(30-19)26(12-11-25(3)4)22(27)18-13-16-7-6-8-17(28-5)21(16)29-18/h6-10,13H,11-12H2,1-5H3. The van der Waals surface area contributed by atoms with Gasteiger partial charge in [-0.3, -0.25) is 9.69 Å². The first-order valence-corrected chi connectivity index (χ1v) is 10.6. The summed E-state index contributed by atoms with van der Waals surface area (Å²) in [5.41, 5.74) is 3.86. The Morgan fingerprint density at radius 1 is 1.17 bits per heavy atom. The van der Waals surface area contributed by atoms with Crippen molar-refractivity contribution >= 4 is 43.6 Å². The van der Waals surface area contributed by atoms with Crippen molar-refractivity contribution in [2.24, 2.45) is 0 Å². The molecule has 0 aliphatic heterocycles. The number of hydrogen-bond acceptors (Lipinski definition) is 6. The highest BCUT2D eigenvalue weighted by Crippen LogP contribution is 2.34. The van der Waals surface area contributed by atoms with E-state index >= 15 is 0 Å². The van der Waals surface area contributed by atoms with Crippen LogP contribution < -0.4 is 9.64 Å². The lowest BCUT2D eigenvalue weighted by atomic mass is 10.1. The van der Waals surface area contributed by atoms with Gasteiger partial charge in [-0.15, -0.1) is 0 Å². The van der Waals surface area contributed by atoms with E-state index < -0.39 is 0 Å². The van der Waals surface area contributed by atoms with Gasteiger partial charge in [-0.25, -0.2) is 4.98 Å². The Bertz CT molecular complexity index is 1230. The Balaban J connectivity index is 1.77. The highest BCUT2D eigenvalue weighted by molar-refractivity contribution is 7.22. The summed E-state index contributed by atoms with van der Waals surface area (Å²) in [6, 6.07) is 11.5. The molecule has 0 saturated carbocycles. The van der Waals surface area contributed by atoms with Gasteiger partial charge in [-0.2, -0.15) is 0 Å². The second kappa shape index (κ2) is 8.08. The number of nitrogens with zero attached hydrogens (tertiary/aromatic N) is 3. The van der Waals surface area contributed by atoms with Gasteiger partial charge in [0, 0.05) is 18.5 Å². The summed E-state index contributed by atoms with van der Waals surface area (Å²) in [4.78, 5) is 22.1. The Kier molecular flexibility index (Phi) is 5.49. The number of aromatic nitrogens is 1. The molecule has 2 aromatic heterocycles. The number of rotatable bonds is 6. The van der Waals surface area contributed by atoms with Crippen LogP contribution in [0.15, 0.2) is 40.8 Å². The van der Waals surface area contributed by atoms with Crippen LogP contribution in [0, 0.1) is 13.8 Å². The van der Waals surface area contributed by atoms with Gasteiger partial charge < -0.3 is 14.1 Å². The van der Waals surface area contributed by atoms with E-state index in [1.165, 1.54) is 16.9 Å². The second-order valence-corrected chi connectivity index (χ2v) is 8.61. The topological polar surface area (TPSA) is 58.8 Å². The Labute approximate surface area is 179 Å². The Morgan fingerprint density at radius 2 is 1.97 bits per heavy atom. The zero-order valence-electron chi connectivity index (χ0n) is 17.9. The van der Waals surface area contributed by atoms with Gasteiger partial charge in [0.25, 0.3) is 5.91 Å². The number of anilines is 1. The van der Waals surface area contributed by atoms with Crippen molar-refractivity contribution in [2.45, 2.75) is 13.8 Å². The van der Waals surface area contributed by atoms with Crippen molar-refractivity contribution in [1.29, 1.82) is 0 Å². The number of carbonyl (C=O) groups excluding carboxylic acids is 1. The normalized spacial score (nSPS) is 11.5. The third-order valence-corrected chi connectivity index (χ3v) is 6.30. The van der Waals surface area contributed by atoms with Gasteiger partial charge in [-0.1, -0.05) is 29.5 Å². The van der Waals surface area contributed by atoms with E-state index in [0.29, 0.717) is 29.6 Å². The highest BCUT2D eigenvalue weighted by atomic mass is 32.1. The number of fused-ring (bicyclic) bond motifs is 2. The molecular formula is C23H25N3O3S. The van der Waals surface area contributed by atoms with Crippen molar-refractivity contribution in [3.05, 3.63) is 53.3 Å². The smallest absolute Gasteiger partial charge is 0.295 e. The molecule has 0 aliphatic carbocycles. The van der Waals surface area contributed by atoms with Crippen LogP contribution in [0.4, 0.5) is 5.13 Å². The summed E-state index contributed by atoms with van der Waals surface area (Å²) in [6.07, 6.45) is 0. The molecule has 0 spiro atoms. The Morgan fingerprint density at radius 3 is 2.70 bits per heavy atom. The Hall–Kier alpha value is -2.90. The van der Waals surface area contributed by atoms with E-state index in [9.17, 15) is 4.79 Å². The first-order valence-electron chi connectivity index (χ1n) is 9.79. The molecule has 0 aliphatic rings. The number of ether oxygens (including phenoxy) is 1. The molecule has 0 radical (unpaired) electrons. The van der Waals surface area contributed by atoms with E-state index in [1.807, 2.05) is 37.2 Å². The van der Waals surface area contributed by atoms with Crippen LogP contribution in [0.25, 0.3) is 21.2 Å². The number of methoxy groups -OCH3 is 1. The summed E-state index contributed by atoms with van der Waals surface area (Å²) in [6.45, 7) is 5.37. The van der Waals surface area contributed by atoms with Crippen molar-refractivity contribution in [3.63, 3.8) is 0 Å². The summed E-state index contributed by atoms with van der Waals surface area (Å²) in [5, 5.41) is 1.51. The molecule has 0 saturated heterocycles. The van der Waals surface area contributed by atoms with Crippen LogP contribution >= 0.6 is 11.3 Å². The van der Waals surface area contributed by atoms with Gasteiger partial charge in [-0.05, 0) is 57.3 Å². The third-order valence-electron chi connectivity index (χ3n) is 5.26. The van der Waals surface area contributed by atoms with E-state index in [-0.39, 0.29) is 11.7 Å². The molecule has 0 atom stereocenters. The maximum absolute atomic E-state index is 13.5. The average Bonchev–Trinajstić information content (AvgIpc) is 3.35. The van der Waals surface area contributed by atoms with Crippen LogP contribution in [-0.2, 0) is 0 Å². The second-order valence-electron chi connectivity index (χ2n) is 7.60. The molecule has 30 heavy (non-hydrogen) atoms. The van der Waals surface area contributed by atoms with E-state index in [0.717, 1.165) is 21.2 Å². The van der Waals surface area contributed by atoms with Gasteiger partial charge in [0.05, 0.1) is 17.3 Å².